The number of piperazine rings is 1. The Kier molecular flexibility index (Phi) is 5.57. The molecule has 0 N–H and O–H groups in total. The van der Waals surface area contributed by atoms with E-state index in [2.05, 4.69) is 0 Å². The predicted molar refractivity (Wildman–Crippen MR) is 68.8 cm³/mol. The molecule has 1 rings (SSSR count). The van der Waals surface area contributed by atoms with Gasteiger partial charge in [-0.15, -0.1) is 0 Å². The van der Waals surface area contributed by atoms with E-state index in [-0.39, 0.29) is 19.5 Å². The topological polar surface area (TPSA) is 90.7 Å². The standard InChI is InChI=1S/C11H19N3O4S/c1-3-10(9-12)19(16,17)14-7-5-13(6-8-14)11(15)18-4-2/h10H,3-8H2,1-2H3. The Morgan fingerprint density at radius 3 is 2.32 bits per heavy atom. The average molecular weight is 289 g/mol. The third-order valence-electron chi connectivity index (χ3n) is 3.00. The summed E-state index contributed by atoms with van der Waals surface area (Å²) in [6.07, 6.45) is -0.163. The van der Waals surface area contributed by atoms with Crippen molar-refractivity contribution in [1.29, 1.82) is 5.26 Å². The second kappa shape index (κ2) is 6.73. The first-order valence-corrected chi connectivity index (χ1v) is 7.78. The summed E-state index contributed by atoms with van der Waals surface area (Å²) in [5.41, 5.74) is 0. The summed E-state index contributed by atoms with van der Waals surface area (Å²) in [4.78, 5) is 13.0. The van der Waals surface area contributed by atoms with Crippen molar-refractivity contribution in [2.24, 2.45) is 0 Å². The van der Waals surface area contributed by atoms with Crippen LogP contribution in [-0.4, -0.2) is 61.8 Å². The van der Waals surface area contributed by atoms with E-state index in [0.29, 0.717) is 19.7 Å². The van der Waals surface area contributed by atoms with Gasteiger partial charge in [0.1, 0.15) is 0 Å². The molecule has 1 unspecified atom stereocenters. The van der Waals surface area contributed by atoms with Gasteiger partial charge in [0.2, 0.25) is 10.0 Å². The number of carbonyl (C=O) groups is 1. The largest absolute Gasteiger partial charge is 0.450 e. The molecule has 19 heavy (non-hydrogen) atoms. The fraction of sp³-hybridized carbons (Fsp3) is 0.818. The lowest BCUT2D eigenvalue weighted by Crippen LogP contribution is -2.52. The van der Waals surface area contributed by atoms with Crippen LogP contribution < -0.4 is 0 Å². The van der Waals surface area contributed by atoms with E-state index in [0.717, 1.165) is 0 Å². The zero-order valence-corrected chi connectivity index (χ0v) is 12.0. The molecule has 1 fully saturated rings. The highest BCUT2D eigenvalue weighted by atomic mass is 32.2. The van der Waals surface area contributed by atoms with Crippen LogP contribution in [-0.2, 0) is 14.8 Å². The van der Waals surface area contributed by atoms with Crippen molar-refractivity contribution >= 4 is 16.1 Å². The summed E-state index contributed by atoms with van der Waals surface area (Å²) in [5, 5.41) is 7.85. The predicted octanol–water partition coefficient (Wildman–Crippen LogP) is 0.392. The summed E-state index contributed by atoms with van der Waals surface area (Å²) in [6.45, 7) is 4.68. The number of hydrogen-bond donors (Lipinski definition) is 0. The van der Waals surface area contributed by atoms with Gasteiger partial charge in [-0.1, -0.05) is 6.92 Å². The lowest BCUT2D eigenvalue weighted by molar-refractivity contribution is 0.0933. The number of amides is 1. The third-order valence-corrected chi connectivity index (χ3v) is 5.24. The monoisotopic (exact) mass is 289 g/mol. The Balaban J connectivity index is 2.64. The fourth-order valence-electron chi connectivity index (χ4n) is 1.89. The van der Waals surface area contributed by atoms with E-state index in [4.69, 9.17) is 10.00 Å². The molecule has 8 heteroatoms. The van der Waals surface area contributed by atoms with Crippen LogP contribution in [0.25, 0.3) is 0 Å². The summed E-state index contributed by atoms with van der Waals surface area (Å²) >= 11 is 0. The normalized spacial score (nSPS) is 18.7. The number of carbonyl (C=O) groups excluding carboxylic acids is 1. The molecule has 1 amide bonds. The maximum atomic E-state index is 12.1. The van der Waals surface area contributed by atoms with Gasteiger partial charge < -0.3 is 9.64 Å². The Bertz CT molecular complexity index is 449. The Morgan fingerprint density at radius 1 is 1.32 bits per heavy atom. The molecule has 0 radical (unpaired) electrons. The first-order valence-electron chi connectivity index (χ1n) is 6.27. The van der Waals surface area contributed by atoms with Gasteiger partial charge in [0.05, 0.1) is 12.7 Å². The van der Waals surface area contributed by atoms with Crippen molar-refractivity contribution in [3.63, 3.8) is 0 Å². The molecule has 108 valence electrons. The molecular weight excluding hydrogens is 270 g/mol. The van der Waals surface area contributed by atoms with Gasteiger partial charge in [-0.05, 0) is 13.3 Å². The second-order valence-electron chi connectivity index (χ2n) is 4.16. The third kappa shape index (κ3) is 3.58. The van der Waals surface area contributed by atoms with E-state index >= 15 is 0 Å². The van der Waals surface area contributed by atoms with Crippen molar-refractivity contribution < 1.29 is 17.9 Å². The van der Waals surface area contributed by atoms with E-state index in [1.54, 1.807) is 13.8 Å². The molecule has 0 aromatic carbocycles. The zero-order valence-electron chi connectivity index (χ0n) is 11.2. The molecule has 0 spiro atoms. The highest BCUT2D eigenvalue weighted by molar-refractivity contribution is 7.90. The first kappa shape index (κ1) is 15.7. The van der Waals surface area contributed by atoms with Crippen molar-refractivity contribution in [3.05, 3.63) is 0 Å². The summed E-state index contributed by atoms with van der Waals surface area (Å²) in [7, 11) is -3.59. The van der Waals surface area contributed by atoms with Gasteiger partial charge >= 0.3 is 6.09 Å². The van der Waals surface area contributed by atoms with Crippen molar-refractivity contribution in [2.75, 3.05) is 32.8 Å². The van der Waals surface area contributed by atoms with Crippen LogP contribution in [0.4, 0.5) is 4.79 Å². The maximum absolute atomic E-state index is 12.1. The van der Waals surface area contributed by atoms with Crippen LogP contribution in [0.5, 0.6) is 0 Å². The maximum Gasteiger partial charge on any atom is 0.409 e. The summed E-state index contributed by atoms with van der Waals surface area (Å²) in [6, 6.07) is 1.81. The molecule has 1 saturated heterocycles. The van der Waals surface area contributed by atoms with Gasteiger partial charge in [0.15, 0.2) is 5.25 Å². The second-order valence-corrected chi connectivity index (χ2v) is 6.27. The molecule has 0 aromatic rings. The molecule has 1 aliphatic rings. The van der Waals surface area contributed by atoms with Crippen molar-refractivity contribution in [2.45, 2.75) is 25.5 Å². The molecule has 1 atom stereocenters. The lowest BCUT2D eigenvalue weighted by Gasteiger charge is -2.34. The Hall–Kier alpha value is -1.33. The van der Waals surface area contributed by atoms with Crippen LogP contribution >= 0.6 is 0 Å². The minimum atomic E-state index is -3.59. The lowest BCUT2D eigenvalue weighted by atomic mass is 10.4. The van der Waals surface area contributed by atoms with E-state index < -0.39 is 21.4 Å². The van der Waals surface area contributed by atoms with Gasteiger partial charge in [-0.3, -0.25) is 0 Å². The van der Waals surface area contributed by atoms with Crippen LogP contribution in [0.1, 0.15) is 20.3 Å². The minimum Gasteiger partial charge on any atom is -0.450 e. The zero-order chi connectivity index (χ0) is 14.5. The molecule has 1 heterocycles. The number of ether oxygens (including phenoxy) is 1. The van der Waals surface area contributed by atoms with Gasteiger partial charge in [-0.2, -0.15) is 9.57 Å². The van der Waals surface area contributed by atoms with Crippen LogP contribution in [0.15, 0.2) is 0 Å². The van der Waals surface area contributed by atoms with Gasteiger partial charge in [0.25, 0.3) is 0 Å². The van der Waals surface area contributed by atoms with Gasteiger partial charge in [-0.25, -0.2) is 13.2 Å². The van der Waals surface area contributed by atoms with E-state index in [9.17, 15) is 13.2 Å². The Morgan fingerprint density at radius 2 is 1.89 bits per heavy atom. The smallest absolute Gasteiger partial charge is 0.409 e. The fourth-order valence-corrected chi connectivity index (χ4v) is 3.47. The summed E-state index contributed by atoms with van der Waals surface area (Å²) in [5.74, 6) is 0. The number of nitriles is 1. The Labute approximate surface area is 113 Å². The highest BCUT2D eigenvalue weighted by Gasteiger charge is 2.34. The summed E-state index contributed by atoms with van der Waals surface area (Å²) < 4.78 is 30.4. The first-order chi connectivity index (χ1) is 8.97. The van der Waals surface area contributed by atoms with E-state index in [1.807, 2.05) is 6.07 Å². The molecule has 0 saturated carbocycles. The van der Waals surface area contributed by atoms with Crippen molar-refractivity contribution in [1.82, 2.24) is 9.21 Å². The van der Waals surface area contributed by atoms with Crippen LogP contribution in [0, 0.1) is 11.3 Å². The average Bonchev–Trinajstić information content (AvgIpc) is 2.40. The molecule has 1 aliphatic heterocycles. The van der Waals surface area contributed by atoms with Crippen LogP contribution in [0.3, 0.4) is 0 Å². The molecule has 0 aliphatic carbocycles. The SMILES string of the molecule is CCOC(=O)N1CCN(S(=O)(=O)C(C#N)CC)CC1. The van der Waals surface area contributed by atoms with E-state index in [1.165, 1.54) is 9.21 Å². The molecule has 7 nitrogen and oxygen atoms in total. The number of sulfonamides is 1. The van der Waals surface area contributed by atoms with Crippen molar-refractivity contribution in [3.8, 4) is 6.07 Å². The molecular formula is C11H19N3O4S. The number of nitrogens with zero attached hydrogens (tertiary/aromatic N) is 3. The van der Waals surface area contributed by atoms with Crippen LogP contribution in [0.2, 0.25) is 0 Å². The molecule has 0 aromatic heterocycles. The number of hydrogen-bond acceptors (Lipinski definition) is 5. The molecule has 0 bridgehead atoms. The van der Waals surface area contributed by atoms with Gasteiger partial charge in [0, 0.05) is 26.2 Å². The highest BCUT2D eigenvalue weighted by Crippen LogP contribution is 2.15. The minimum absolute atomic E-state index is 0.208. The number of rotatable bonds is 4. The quantitative estimate of drug-likeness (QED) is 0.746.